The predicted octanol–water partition coefficient (Wildman–Crippen LogP) is 6.51. The van der Waals surface area contributed by atoms with E-state index in [1.54, 1.807) is 25.1 Å². The number of nitrogens with zero attached hydrogens (tertiary/aromatic N) is 2. The van der Waals surface area contributed by atoms with Crippen LogP contribution in [-0.2, 0) is 4.79 Å². The molecule has 0 saturated heterocycles. The summed E-state index contributed by atoms with van der Waals surface area (Å²) < 4.78 is 42.4. The Morgan fingerprint density at radius 2 is 1.93 bits per heavy atom. The summed E-state index contributed by atoms with van der Waals surface area (Å²) in [6.07, 6.45) is 0. The third-order valence-corrected chi connectivity index (χ3v) is 6.77. The summed E-state index contributed by atoms with van der Waals surface area (Å²) in [5.74, 6) is -5.06. The molecular weight excluding hydrogens is 486 g/mol. The van der Waals surface area contributed by atoms with Crippen LogP contribution < -0.4 is 5.32 Å². The predicted molar refractivity (Wildman–Crippen MR) is 113 cm³/mol. The Balaban J connectivity index is 1.75. The maximum Gasteiger partial charge on any atom is 0.237 e. The van der Waals surface area contributed by atoms with Gasteiger partial charge >= 0.3 is 0 Å². The molecule has 0 bridgehead atoms. The molecule has 3 rings (SSSR count). The van der Waals surface area contributed by atoms with Crippen molar-refractivity contribution in [3.63, 3.8) is 0 Å². The number of amides is 1. The maximum atomic E-state index is 13.7. The fourth-order valence-corrected chi connectivity index (χ4v) is 4.95. The van der Waals surface area contributed by atoms with E-state index >= 15 is 0 Å². The molecular formula is C17H10Cl2F3N3OS3. The number of carbonyl (C=O) groups is 1. The van der Waals surface area contributed by atoms with Crippen molar-refractivity contribution in [2.24, 2.45) is 0 Å². The molecule has 12 heteroatoms. The SMILES string of the molecule is C[C@H](Sc1nn(-c2ccc(Cl)c(Cl)c2)c(=S)s1)C(=O)Nc1ccc(F)c(F)c1F. The van der Waals surface area contributed by atoms with Crippen LogP contribution in [0.25, 0.3) is 5.69 Å². The summed E-state index contributed by atoms with van der Waals surface area (Å²) >= 11 is 19.5. The zero-order valence-electron chi connectivity index (χ0n) is 14.4. The second kappa shape index (κ2) is 9.05. The van der Waals surface area contributed by atoms with Crippen molar-refractivity contribution in [2.45, 2.75) is 16.5 Å². The highest BCUT2D eigenvalue weighted by Gasteiger charge is 2.21. The van der Waals surface area contributed by atoms with Crippen LogP contribution >= 0.6 is 58.5 Å². The number of nitrogens with one attached hydrogen (secondary N) is 1. The quantitative estimate of drug-likeness (QED) is 0.249. The number of aromatic nitrogens is 2. The van der Waals surface area contributed by atoms with Crippen LogP contribution in [0.1, 0.15) is 6.92 Å². The third-order valence-electron chi connectivity index (χ3n) is 3.62. The van der Waals surface area contributed by atoms with E-state index in [2.05, 4.69) is 10.4 Å². The first-order valence-corrected chi connectivity index (χ1v) is 10.7. The van der Waals surface area contributed by atoms with Crippen molar-refractivity contribution in [2.75, 3.05) is 5.32 Å². The Morgan fingerprint density at radius 1 is 1.21 bits per heavy atom. The Morgan fingerprint density at radius 3 is 2.62 bits per heavy atom. The number of anilines is 1. The van der Waals surface area contributed by atoms with Crippen LogP contribution in [0.5, 0.6) is 0 Å². The van der Waals surface area contributed by atoms with Crippen LogP contribution in [-0.4, -0.2) is 20.9 Å². The minimum Gasteiger partial charge on any atom is -0.323 e. The van der Waals surface area contributed by atoms with E-state index in [0.717, 1.165) is 23.9 Å². The van der Waals surface area contributed by atoms with Crippen molar-refractivity contribution >= 4 is 70.1 Å². The number of thioether (sulfide) groups is 1. The fraction of sp³-hybridized carbons (Fsp3) is 0.118. The zero-order chi connectivity index (χ0) is 21.3. The monoisotopic (exact) mass is 495 g/mol. The number of carbonyl (C=O) groups excluding carboxylic acids is 1. The standard InChI is InChI=1S/C17H10Cl2F3N3OS3/c1-7(15(26)23-12-5-4-11(20)13(21)14(12)22)28-16-24-25(17(27)29-16)8-2-3-9(18)10(19)6-8/h2-7H,1H3,(H,23,26)/t7-/m0/s1. The van der Waals surface area contributed by atoms with Gasteiger partial charge < -0.3 is 5.32 Å². The smallest absolute Gasteiger partial charge is 0.237 e. The molecule has 2 aromatic carbocycles. The molecule has 152 valence electrons. The van der Waals surface area contributed by atoms with Crippen LogP contribution in [0.15, 0.2) is 34.7 Å². The average molecular weight is 496 g/mol. The molecule has 3 aromatic rings. The lowest BCUT2D eigenvalue weighted by Crippen LogP contribution is -2.23. The summed E-state index contributed by atoms with van der Waals surface area (Å²) in [6.45, 7) is 1.56. The van der Waals surface area contributed by atoms with Crippen molar-refractivity contribution in [1.82, 2.24) is 9.78 Å². The largest absolute Gasteiger partial charge is 0.323 e. The number of hydrogen-bond acceptors (Lipinski definition) is 5. The molecule has 0 spiro atoms. The van der Waals surface area contributed by atoms with Crippen LogP contribution in [0.4, 0.5) is 18.9 Å². The number of benzene rings is 2. The van der Waals surface area contributed by atoms with Gasteiger partial charge in [-0.15, -0.1) is 5.10 Å². The first-order valence-electron chi connectivity index (χ1n) is 7.84. The van der Waals surface area contributed by atoms with Gasteiger partial charge in [-0.3, -0.25) is 4.79 Å². The van der Waals surface area contributed by atoms with Gasteiger partial charge in [0.25, 0.3) is 0 Å². The molecule has 1 heterocycles. The van der Waals surface area contributed by atoms with E-state index in [4.69, 9.17) is 35.4 Å². The molecule has 1 aromatic heterocycles. The maximum absolute atomic E-state index is 13.7. The van der Waals surface area contributed by atoms with Gasteiger partial charge in [-0.25, -0.2) is 17.9 Å². The molecule has 1 atom stereocenters. The molecule has 0 aliphatic rings. The molecule has 0 radical (unpaired) electrons. The third kappa shape index (κ3) is 4.95. The molecule has 0 aliphatic carbocycles. The molecule has 1 N–H and O–H groups in total. The molecule has 0 fully saturated rings. The van der Waals surface area contributed by atoms with Gasteiger partial charge in [0.2, 0.25) is 5.91 Å². The Bertz CT molecular complexity index is 1150. The van der Waals surface area contributed by atoms with Crippen molar-refractivity contribution in [3.8, 4) is 5.69 Å². The average Bonchev–Trinajstić information content (AvgIpc) is 3.04. The van der Waals surface area contributed by atoms with Crippen molar-refractivity contribution in [3.05, 3.63) is 61.8 Å². The van der Waals surface area contributed by atoms with E-state index in [0.29, 0.717) is 24.0 Å². The second-order valence-electron chi connectivity index (χ2n) is 5.62. The topological polar surface area (TPSA) is 46.9 Å². The molecule has 0 saturated carbocycles. The lowest BCUT2D eigenvalue weighted by molar-refractivity contribution is -0.115. The highest BCUT2D eigenvalue weighted by Crippen LogP contribution is 2.30. The highest BCUT2D eigenvalue weighted by molar-refractivity contribution is 8.02. The van der Waals surface area contributed by atoms with E-state index in [1.807, 2.05) is 0 Å². The number of halogens is 5. The summed E-state index contributed by atoms with van der Waals surface area (Å²) in [4.78, 5) is 12.3. The van der Waals surface area contributed by atoms with E-state index < -0.39 is 34.3 Å². The lowest BCUT2D eigenvalue weighted by Gasteiger charge is -2.11. The highest BCUT2D eigenvalue weighted by atomic mass is 35.5. The fourth-order valence-electron chi connectivity index (χ4n) is 2.15. The minimum absolute atomic E-state index is 0.342. The van der Waals surface area contributed by atoms with Gasteiger partial charge in [-0.05, 0) is 49.5 Å². The van der Waals surface area contributed by atoms with Gasteiger partial charge in [-0.2, -0.15) is 0 Å². The molecule has 29 heavy (non-hydrogen) atoms. The summed E-state index contributed by atoms with van der Waals surface area (Å²) in [5, 5.41) is 6.60. The van der Waals surface area contributed by atoms with Gasteiger partial charge in [-0.1, -0.05) is 46.3 Å². The number of rotatable bonds is 5. The first-order chi connectivity index (χ1) is 13.7. The molecule has 1 amide bonds. The van der Waals surface area contributed by atoms with E-state index in [-0.39, 0.29) is 0 Å². The summed E-state index contributed by atoms with van der Waals surface area (Å²) in [6, 6.07) is 6.60. The summed E-state index contributed by atoms with van der Waals surface area (Å²) in [7, 11) is 0. The number of hydrogen-bond donors (Lipinski definition) is 1. The second-order valence-corrected chi connectivity index (χ2v) is 9.64. The van der Waals surface area contributed by atoms with E-state index in [9.17, 15) is 18.0 Å². The Hall–Kier alpha value is -1.59. The molecule has 0 unspecified atom stereocenters. The van der Waals surface area contributed by atoms with E-state index in [1.165, 1.54) is 16.0 Å². The zero-order valence-corrected chi connectivity index (χ0v) is 18.3. The van der Waals surface area contributed by atoms with Crippen LogP contribution in [0.3, 0.4) is 0 Å². The van der Waals surface area contributed by atoms with Crippen LogP contribution in [0, 0.1) is 21.4 Å². The minimum atomic E-state index is -1.65. The Labute approximate surface area is 186 Å². The molecule has 4 nitrogen and oxygen atoms in total. The molecule has 0 aliphatic heterocycles. The van der Waals surface area contributed by atoms with Gasteiger partial charge in [0.05, 0.1) is 26.7 Å². The van der Waals surface area contributed by atoms with Gasteiger partial charge in [0.15, 0.2) is 25.7 Å². The normalized spacial score (nSPS) is 12.1. The van der Waals surface area contributed by atoms with Crippen molar-refractivity contribution in [1.29, 1.82) is 0 Å². The van der Waals surface area contributed by atoms with Gasteiger partial charge in [0, 0.05) is 0 Å². The Kier molecular flexibility index (Phi) is 6.90. The first kappa shape index (κ1) is 22.1. The van der Waals surface area contributed by atoms with Gasteiger partial charge in [0.1, 0.15) is 0 Å². The summed E-state index contributed by atoms with van der Waals surface area (Å²) in [5.41, 5.74) is 0.156. The van der Waals surface area contributed by atoms with Crippen LogP contribution in [0.2, 0.25) is 10.0 Å². The van der Waals surface area contributed by atoms with Crippen molar-refractivity contribution < 1.29 is 18.0 Å². The lowest BCUT2D eigenvalue weighted by atomic mass is 10.2.